The second kappa shape index (κ2) is 8.00. The number of rotatable bonds is 5. The van der Waals surface area contributed by atoms with Crippen LogP contribution in [0.15, 0.2) is 46.9 Å². The van der Waals surface area contributed by atoms with Crippen molar-refractivity contribution in [3.8, 4) is 5.75 Å². The van der Waals surface area contributed by atoms with Crippen molar-refractivity contribution in [3.63, 3.8) is 0 Å². The van der Waals surface area contributed by atoms with Crippen molar-refractivity contribution in [1.82, 2.24) is 10.4 Å². The Balaban J connectivity index is 1.74. The Labute approximate surface area is 167 Å². The van der Waals surface area contributed by atoms with Gasteiger partial charge in [-0.15, -0.1) is 0 Å². The zero-order valence-corrected chi connectivity index (χ0v) is 17.0. The summed E-state index contributed by atoms with van der Waals surface area (Å²) in [5.74, 6) is 0.0826. The van der Waals surface area contributed by atoms with E-state index in [4.69, 9.17) is 4.74 Å². The topological polar surface area (TPSA) is 70.7 Å². The van der Waals surface area contributed by atoms with E-state index in [1.165, 1.54) is 5.01 Å². The van der Waals surface area contributed by atoms with Crippen LogP contribution in [0, 0.1) is 12.8 Å². The van der Waals surface area contributed by atoms with Gasteiger partial charge in [0.1, 0.15) is 11.9 Å². The molecule has 6 nitrogen and oxygen atoms in total. The van der Waals surface area contributed by atoms with E-state index in [2.05, 4.69) is 26.7 Å². The normalized spacial score (nSPS) is 16.0. The van der Waals surface area contributed by atoms with Crippen molar-refractivity contribution in [2.45, 2.75) is 26.9 Å². The molecule has 0 saturated heterocycles. The third kappa shape index (κ3) is 4.24. The lowest BCUT2D eigenvalue weighted by molar-refractivity contribution is -0.128. The predicted molar refractivity (Wildman–Crippen MR) is 107 cm³/mol. The highest BCUT2D eigenvalue weighted by Gasteiger charge is 2.35. The summed E-state index contributed by atoms with van der Waals surface area (Å²) in [6.45, 7) is 5.70. The number of hydrogen-bond donors (Lipinski definition) is 2. The molecule has 27 heavy (non-hydrogen) atoms. The third-order valence-corrected chi connectivity index (χ3v) is 4.83. The maximum Gasteiger partial charge on any atom is 0.276 e. The fourth-order valence-corrected chi connectivity index (χ4v) is 3.27. The highest BCUT2D eigenvalue weighted by molar-refractivity contribution is 9.10. The molecule has 2 aromatic carbocycles. The molecule has 2 amide bonds. The smallest absolute Gasteiger partial charge is 0.276 e. The summed E-state index contributed by atoms with van der Waals surface area (Å²) >= 11 is 3.38. The number of carbonyl (C=O) groups is 2. The lowest BCUT2D eigenvalue weighted by Crippen LogP contribution is -2.59. The molecule has 0 radical (unpaired) electrons. The first-order valence-electron chi connectivity index (χ1n) is 8.74. The number of halogens is 1. The lowest BCUT2D eigenvalue weighted by Gasteiger charge is -2.39. The molecule has 1 aliphatic rings. The molecule has 7 heteroatoms. The van der Waals surface area contributed by atoms with Gasteiger partial charge in [0, 0.05) is 10.2 Å². The number of aryl methyl sites for hydroxylation is 1. The van der Waals surface area contributed by atoms with Crippen molar-refractivity contribution in [3.05, 3.63) is 58.1 Å². The first-order valence-corrected chi connectivity index (χ1v) is 9.53. The molecule has 0 fully saturated rings. The molecular formula is C20H22BrN3O3. The Bertz CT molecular complexity index is 869. The van der Waals surface area contributed by atoms with Crippen molar-refractivity contribution >= 4 is 33.4 Å². The summed E-state index contributed by atoms with van der Waals surface area (Å²) in [5.41, 5.74) is 4.89. The number of nitrogens with zero attached hydrogens (tertiary/aromatic N) is 1. The van der Waals surface area contributed by atoms with Crippen molar-refractivity contribution in [2.24, 2.45) is 5.92 Å². The fourth-order valence-electron chi connectivity index (χ4n) is 2.91. The second-order valence-electron chi connectivity index (χ2n) is 6.79. The van der Waals surface area contributed by atoms with Gasteiger partial charge in [-0.2, -0.15) is 0 Å². The van der Waals surface area contributed by atoms with E-state index >= 15 is 0 Å². The second-order valence-corrected chi connectivity index (χ2v) is 7.70. The van der Waals surface area contributed by atoms with Gasteiger partial charge in [0.2, 0.25) is 0 Å². The Kier molecular flexibility index (Phi) is 5.70. The molecule has 0 spiro atoms. The van der Waals surface area contributed by atoms with Gasteiger partial charge in [0.05, 0.1) is 5.56 Å². The van der Waals surface area contributed by atoms with Crippen LogP contribution in [0.5, 0.6) is 5.75 Å². The van der Waals surface area contributed by atoms with Crippen LogP contribution < -0.4 is 15.5 Å². The summed E-state index contributed by atoms with van der Waals surface area (Å²) in [5, 5.41) is 4.67. The van der Waals surface area contributed by atoms with Crippen molar-refractivity contribution in [1.29, 1.82) is 0 Å². The van der Waals surface area contributed by atoms with Gasteiger partial charge in [-0.1, -0.05) is 48.0 Å². The molecule has 0 aliphatic carbocycles. The summed E-state index contributed by atoms with van der Waals surface area (Å²) in [4.78, 5) is 25.4. The summed E-state index contributed by atoms with van der Waals surface area (Å²) in [7, 11) is 0. The maximum absolute atomic E-state index is 13.0. The molecule has 2 N–H and O–H groups in total. The van der Waals surface area contributed by atoms with E-state index in [0.29, 0.717) is 11.3 Å². The van der Waals surface area contributed by atoms with Crippen LogP contribution in [0.3, 0.4) is 0 Å². The third-order valence-electron chi connectivity index (χ3n) is 4.34. The molecule has 1 heterocycles. The average Bonchev–Trinajstić information content (AvgIpc) is 2.63. The molecule has 1 atom stereocenters. The molecule has 1 unspecified atom stereocenters. The van der Waals surface area contributed by atoms with E-state index in [-0.39, 0.29) is 24.6 Å². The van der Waals surface area contributed by atoms with Gasteiger partial charge in [-0.25, -0.2) is 5.01 Å². The minimum absolute atomic E-state index is 0.0864. The van der Waals surface area contributed by atoms with Gasteiger partial charge in [0.25, 0.3) is 11.8 Å². The SMILES string of the molecule is Cc1ccccc1OCC(=O)NN1C(=O)c2cc(Br)ccc2NC1C(C)C. The fraction of sp³-hybridized carbons (Fsp3) is 0.300. The van der Waals surface area contributed by atoms with E-state index in [1.54, 1.807) is 12.1 Å². The van der Waals surface area contributed by atoms with Crippen LogP contribution in [0.2, 0.25) is 0 Å². The quantitative estimate of drug-likeness (QED) is 0.756. The monoisotopic (exact) mass is 431 g/mol. The number of hydrazine groups is 1. The minimum Gasteiger partial charge on any atom is -0.483 e. The van der Waals surface area contributed by atoms with Gasteiger partial charge in [-0.3, -0.25) is 15.0 Å². The molecule has 2 aromatic rings. The van der Waals surface area contributed by atoms with E-state index in [1.807, 2.05) is 51.1 Å². The van der Waals surface area contributed by atoms with E-state index in [9.17, 15) is 9.59 Å². The van der Waals surface area contributed by atoms with Crippen LogP contribution in [0.4, 0.5) is 5.69 Å². The number of amides is 2. The summed E-state index contributed by atoms with van der Waals surface area (Å²) in [6.07, 6.45) is -0.353. The number of carbonyl (C=O) groups excluding carboxylic acids is 2. The van der Waals surface area contributed by atoms with Crippen molar-refractivity contribution in [2.75, 3.05) is 11.9 Å². The number of hydrogen-bond acceptors (Lipinski definition) is 4. The Morgan fingerprint density at radius 2 is 2.04 bits per heavy atom. The Hall–Kier alpha value is -2.54. The zero-order valence-electron chi connectivity index (χ0n) is 15.5. The van der Waals surface area contributed by atoms with Gasteiger partial charge in [-0.05, 0) is 42.7 Å². The Morgan fingerprint density at radius 1 is 1.30 bits per heavy atom. The highest BCUT2D eigenvalue weighted by Crippen LogP contribution is 2.29. The minimum atomic E-state index is -0.391. The van der Waals surface area contributed by atoms with Crippen LogP contribution in [-0.4, -0.2) is 29.6 Å². The highest BCUT2D eigenvalue weighted by atomic mass is 79.9. The number of para-hydroxylation sites is 1. The number of benzene rings is 2. The van der Waals surface area contributed by atoms with Gasteiger partial charge >= 0.3 is 0 Å². The number of fused-ring (bicyclic) bond motifs is 1. The Morgan fingerprint density at radius 3 is 2.74 bits per heavy atom. The zero-order chi connectivity index (χ0) is 19.6. The predicted octanol–water partition coefficient (Wildman–Crippen LogP) is 3.72. The first-order chi connectivity index (χ1) is 12.9. The number of ether oxygens (including phenoxy) is 1. The van der Waals surface area contributed by atoms with Gasteiger partial charge in [0.15, 0.2) is 6.61 Å². The molecule has 1 aliphatic heterocycles. The molecule has 0 saturated carbocycles. The lowest BCUT2D eigenvalue weighted by atomic mass is 10.0. The molecule has 142 valence electrons. The first kappa shape index (κ1) is 19.2. The number of anilines is 1. The largest absolute Gasteiger partial charge is 0.483 e. The summed E-state index contributed by atoms with van der Waals surface area (Å²) in [6, 6.07) is 12.9. The van der Waals surface area contributed by atoms with Crippen LogP contribution in [0.1, 0.15) is 29.8 Å². The van der Waals surface area contributed by atoms with E-state index < -0.39 is 5.91 Å². The van der Waals surface area contributed by atoms with Crippen LogP contribution in [-0.2, 0) is 4.79 Å². The van der Waals surface area contributed by atoms with Gasteiger partial charge < -0.3 is 10.1 Å². The van der Waals surface area contributed by atoms with E-state index in [0.717, 1.165) is 15.7 Å². The standard InChI is InChI=1S/C20H22BrN3O3/c1-12(2)19-22-16-9-8-14(21)10-15(16)20(26)24(19)23-18(25)11-27-17-7-5-4-6-13(17)3/h4-10,12,19,22H,11H2,1-3H3,(H,23,25). The van der Waals surface area contributed by atoms with Crippen molar-refractivity contribution < 1.29 is 14.3 Å². The number of nitrogens with one attached hydrogen (secondary N) is 2. The molecule has 0 bridgehead atoms. The van der Waals surface area contributed by atoms with Crippen LogP contribution >= 0.6 is 15.9 Å². The molecular weight excluding hydrogens is 410 g/mol. The maximum atomic E-state index is 13.0. The van der Waals surface area contributed by atoms with Crippen LogP contribution in [0.25, 0.3) is 0 Å². The molecule has 0 aromatic heterocycles. The summed E-state index contributed by atoms with van der Waals surface area (Å²) < 4.78 is 6.38. The molecule has 3 rings (SSSR count). The average molecular weight is 432 g/mol.